The van der Waals surface area contributed by atoms with Crippen molar-refractivity contribution in [2.45, 2.75) is 19.0 Å². The number of halogens is 3. The van der Waals surface area contributed by atoms with E-state index in [9.17, 15) is 27.6 Å². The SMILES string of the molecule is COC(=O)C(CC#C/C(=C\c1ccccc1)C(=O)c1ccccc1)(CC#Cc1cccc(C(F)(F)F)c1)C(=O)OC. The first-order chi connectivity index (χ1) is 19.6. The molecule has 0 aromatic heterocycles. The number of ether oxygens (including phenoxy) is 2. The lowest BCUT2D eigenvalue weighted by Gasteiger charge is -2.24. The second kappa shape index (κ2) is 13.8. The highest BCUT2D eigenvalue weighted by atomic mass is 19.4. The van der Waals surface area contributed by atoms with Gasteiger partial charge in [-0.3, -0.25) is 14.4 Å². The lowest BCUT2D eigenvalue weighted by atomic mass is 9.81. The zero-order chi connectivity index (χ0) is 29.9. The largest absolute Gasteiger partial charge is 0.468 e. The van der Waals surface area contributed by atoms with E-state index in [0.29, 0.717) is 11.1 Å². The van der Waals surface area contributed by atoms with Gasteiger partial charge in [0.2, 0.25) is 5.78 Å². The summed E-state index contributed by atoms with van der Waals surface area (Å²) in [6.07, 6.45) is -3.86. The number of methoxy groups -OCH3 is 2. The smallest absolute Gasteiger partial charge is 0.416 e. The third kappa shape index (κ3) is 7.97. The molecular weight excluding hydrogens is 533 g/mol. The first-order valence-corrected chi connectivity index (χ1v) is 12.3. The standard InChI is InChI=1S/C33H25F3O5/c1-40-30(38)32(31(39)41-2,20-10-15-25-14-9-19-28(23-25)33(34,35)36)21-11-18-27(22-24-12-5-3-6-13-24)29(37)26-16-7-4-8-17-26/h3-9,12-14,16-17,19,22-23H,20-21H2,1-2H3/b27-22+. The minimum atomic E-state index is -4.56. The number of alkyl halides is 3. The topological polar surface area (TPSA) is 69.7 Å². The predicted octanol–water partition coefficient (Wildman–Crippen LogP) is 6.14. The van der Waals surface area contributed by atoms with Gasteiger partial charge >= 0.3 is 18.1 Å². The number of allylic oxidation sites excluding steroid dienone is 1. The third-order valence-corrected chi connectivity index (χ3v) is 5.97. The Hall–Kier alpha value is -5.08. The maximum Gasteiger partial charge on any atom is 0.416 e. The second-order valence-electron chi connectivity index (χ2n) is 8.76. The molecule has 0 aliphatic heterocycles. The van der Waals surface area contributed by atoms with Crippen LogP contribution in [0.15, 0.2) is 90.5 Å². The molecule has 3 aromatic carbocycles. The van der Waals surface area contributed by atoms with Crippen molar-refractivity contribution in [1.82, 2.24) is 0 Å². The number of benzene rings is 3. The molecule has 41 heavy (non-hydrogen) atoms. The first kappa shape index (κ1) is 30.5. The molecule has 0 aliphatic rings. The van der Waals surface area contributed by atoms with Crippen molar-refractivity contribution in [2.75, 3.05) is 14.2 Å². The molecule has 0 unspecified atom stereocenters. The molecular formula is C33H25F3O5. The van der Waals surface area contributed by atoms with E-state index < -0.39 is 41.9 Å². The summed E-state index contributed by atoms with van der Waals surface area (Å²) in [5, 5.41) is 0. The fourth-order valence-electron chi connectivity index (χ4n) is 3.81. The predicted molar refractivity (Wildman–Crippen MR) is 147 cm³/mol. The van der Waals surface area contributed by atoms with Gasteiger partial charge in [0.05, 0.1) is 25.4 Å². The Bertz CT molecular complexity index is 1530. The van der Waals surface area contributed by atoms with E-state index in [2.05, 4.69) is 23.7 Å². The molecule has 0 radical (unpaired) electrons. The van der Waals surface area contributed by atoms with Crippen molar-refractivity contribution in [3.8, 4) is 23.7 Å². The zero-order valence-corrected chi connectivity index (χ0v) is 22.2. The number of hydrogen-bond donors (Lipinski definition) is 0. The molecule has 0 amide bonds. The van der Waals surface area contributed by atoms with Gasteiger partial charge in [0.1, 0.15) is 0 Å². The molecule has 0 heterocycles. The molecule has 0 spiro atoms. The molecule has 0 fully saturated rings. The summed E-state index contributed by atoms with van der Waals surface area (Å²) >= 11 is 0. The maximum atomic E-state index is 13.3. The normalized spacial score (nSPS) is 11.3. The van der Waals surface area contributed by atoms with Crippen LogP contribution in [0, 0.1) is 29.1 Å². The quantitative estimate of drug-likeness (QED) is 0.115. The number of ketones is 1. The Morgan fingerprint density at radius 1 is 0.780 bits per heavy atom. The fraction of sp³-hybridized carbons (Fsp3) is 0.182. The van der Waals surface area contributed by atoms with Gasteiger partial charge in [0, 0.05) is 24.0 Å². The van der Waals surface area contributed by atoms with E-state index in [1.54, 1.807) is 60.7 Å². The highest BCUT2D eigenvalue weighted by Gasteiger charge is 2.47. The van der Waals surface area contributed by atoms with E-state index in [1.807, 2.05) is 6.07 Å². The van der Waals surface area contributed by atoms with Crippen LogP contribution in [0.2, 0.25) is 0 Å². The Balaban J connectivity index is 2.01. The molecule has 0 saturated heterocycles. The average Bonchev–Trinajstić information content (AvgIpc) is 2.99. The van der Waals surface area contributed by atoms with Gasteiger partial charge < -0.3 is 9.47 Å². The summed E-state index contributed by atoms with van der Waals surface area (Å²) in [7, 11) is 2.15. The van der Waals surface area contributed by atoms with E-state index in [0.717, 1.165) is 26.4 Å². The number of Topliss-reactive ketones (excluding diaryl/α,β-unsaturated/α-hetero) is 1. The van der Waals surface area contributed by atoms with Crippen LogP contribution in [-0.4, -0.2) is 31.9 Å². The summed E-state index contributed by atoms with van der Waals surface area (Å²) in [4.78, 5) is 39.0. The van der Waals surface area contributed by atoms with Crippen molar-refractivity contribution >= 4 is 23.8 Å². The van der Waals surface area contributed by atoms with Crippen LogP contribution in [0.25, 0.3) is 6.08 Å². The van der Waals surface area contributed by atoms with Crippen LogP contribution in [0.3, 0.4) is 0 Å². The van der Waals surface area contributed by atoms with Crippen molar-refractivity contribution < 1.29 is 37.0 Å². The summed E-state index contributed by atoms with van der Waals surface area (Å²) < 4.78 is 49.0. The fourth-order valence-corrected chi connectivity index (χ4v) is 3.81. The van der Waals surface area contributed by atoms with Crippen LogP contribution in [-0.2, 0) is 25.2 Å². The Morgan fingerprint density at radius 2 is 1.37 bits per heavy atom. The van der Waals surface area contributed by atoms with Gasteiger partial charge in [-0.25, -0.2) is 0 Å². The van der Waals surface area contributed by atoms with Crippen molar-refractivity contribution in [3.63, 3.8) is 0 Å². The summed E-state index contributed by atoms with van der Waals surface area (Å²) in [5.41, 5.74) is -1.65. The number of carbonyl (C=O) groups is 3. The third-order valence-electron chi connectivity index (χ3n) is 5.97. The molecule has 0 N–H and O–H groups in total. The minimum absolute atomic E-state index is 0.0380. The zero-order valence-electron chi connectivity index (χ0n) is 22.2. The Labute approximate surface area is 236 Å². The molecule has 8 heteroatoms. The van der Waals surface area contributed by atoms with Crippen LogP contribution in [0.1, 0.15) is 39.9 Å². The van der Waals surface area contributed by atoms with Crippen LogP contribution >= 0.6 is 0 Å². The van der Waals surface area contributed by atoms with Crippen molar-refractivity contribution in [1.29, 1.82) is 0 Å². The summed E-state index contributed by atoms with van der Waals surface area (Å²) in [6, 6.07) is 21.8. The monoisotopic (exact) mass is 558 g/mol. The van der Waals surface area contributed by atoms with E-state index >= 15 is 0 Å². The molecule has 208 valence electrons. The van der Waals surface area contributed by atoms with Crippen molar-refractivity contribution in [3.05, 3.63) is 113 Å². The average molecular weight is 559 g/mol. The molecule has 0 saturated carbocycles. The number of hydrogen-bond acceptors (Lipinski definition) is 5. The van der Waals surface area contributed by atoms with Gasteiger partial charge in [0.25, 0.3) is 0 Å². The minimum Gasteiger partial charge on any atom is -0.468 e. The van der Waals surface area contributed by atoms with Crippen LogP contribution < -0.4 is 0 Å². The number of esters is 2. The van der Waals surface area contributed by atoms with Crippen molar-refractivity contribution in [2.24, 2.45) is 5.41 Å². The van der Waals surface area contributed by atoms with Gasteiger partial charge in [-0.05, 0) is 29.8 Å². The second-order valence-corrected chi connectivity index (χ2v) is 8.76. The molecule has 0 atom stereocenters. The van der Waals surface area contributed by atoms with E-state index in [1.165, 1.54) is 12.1 Å². The van der Waals surface area contributed by atoms with Gasteiger partial charge in [-0.15, -0.1) is 0 Å². The summed E-state index contributed by atoms with van der Waals surface area (Å²) in [6.45, 7) is 0. The molecule has 5 nitrogen and oxygen atoms in total. The molecule has 0 aliphatic carbocycles. The lowest BCUT2D eigenvalue weighted by Crippen LogP contribution is -2.40. The van der Waals surface area contributed by atoms with Crippen LogP contribution in [0.5, 0.6) is 0 Å². The summed E-state index contributed by atoms with van der Waals surface area (Å²) in [5.74, 6) is 8.37. The molecule has 3 rings (SSSR count). The molecule has 3 aromatic rings. The highest BCUT2D eigenvalue weighted by molar-refractivity contribution is 6.14. The van der Waals surface area contributed by atoms with Gasteiger partial charge in [-0.2, -0.15) is 13.2 Å². The number of rotatable bonds is 7. The Morgan fingerprint density at radius 3 is 1.95 bits per heavy atom. The lowest BCUT2D eigenvalue weighted by molar-refractivity contribution is -0.168. The van der Waals surface area contributed by atoms with Gasteiger partial charge in [-0.1, -0.05) is 90.4 Å². The first-order valence-electron chi connectivity index (χ1n) is 12.3. The highest BCUT2D eigenvalue weighted by Crippen LogP contribution is 2.31. The van der Waals surface area contributed by atoms with Crippen LogP contribution in [0.4, 0.5) is 13.2 Å². The van der Waals surface area contributed by atoms with E-state index in [4.69, 9.17) is 9.47 Å². The Kier molecular flexibility index (Phi) is 10.3. The van der Waals surface area contributed by atoms with E-state index in [-0.39, 0.29) is 16.9 Å². The maximum absolute atomic E-state index is 13.3. The van der Waals surface area contributed by atoms with Gasteiger partial charge in [0.15, 0.2) is 5.41 Å². The molecule has 0 bridgehead atoms. The number of carbonyl (C=O) groups excluding carboxylic acids is 3.